The molecule has 1 aliphatic carbocycles. The molecule has 0 spiro atoms. The molecule has 20 heavy (non-hydrogen) atoms. The van der Waals surface area contributed by atoms with Crippen LogP contribution in [0, 0.1) is 0 Å². The summed E-state index contributed by atoms with van der Waals surface area (Å²) in [5, 5.41) is 13.9. The third-order valence-electron chi connectivity index (χ3n) is 4.25. The first-order valence-corrected chi connectivity index (χ1v) is 8.68. The lowest BCUT2D eigenvalue weighted by molar-refractivity contribution is 0.149. The van der Waals surface area contributed by atoms with Gasteiger partial charge in [-0.3, -0.25) is 0 Å². The second-order valence-electron chi connectivity index (χ2n) is 5.86. The van der Waals surface area contributed by atoms with E-state index in [1.807, 2.05) is 18.8 Å². The SMILES string of the molecule is CNCC(O)C(C)c1ccc(SC2CCCCC2)cc1. The summed E-state index contributed by atoms with van der Waals surface area (Å²) < 4.78 is 0. The third kappa shape index (κ3) is 4.51. The lowest BCUT2D eigenvalue weighted by Crippen LogP contribution is -2.28. The molecule has 0 radical (unpaired) electrons. The molecule has 0 aromatic heterocycles. The van der Waals surface area contributed by atoms with Crippen LogP contribution in [-0.2, 0) is 0 Å². The highest BCUT2D eigenvalue weighted by Gasteiger charge is 2.17. The lowest BCUT2D eigenvalue weighted by atomic mass is 9.95. The molecule has 0 aliphatic heterocycles. The Morgan fingerprint density at radius 1 is 1.20 bits per heavy atom. The van der Waals surface area contributed by atoms with Gasteiger partial charge in [-0.15, -0.1) is 11.8 Å². The van der Waals surface area contributed by atoms with Gasteiger partial charge in [-0.05, 0) is 37.6 Å². The predicted molar refractivity (Wildman–Crippen MR) is 87.5 cm³/mol. The summed E-state index contributed by atoms with van der Waals surface area (Å²) in [5.41, 5.74) is 1.22. The highest BCUT2D eigenvalue weighted by Crippen LogP contribution is 2.34. The minimum atomic E-state index is -0.322. The summed E-state index contributed by atoms with van der Waals surface area (Å²) in [4.78, 5) is 1.37. The zero-order chi connectivity index (χ0) is 14.4. The standard InChI is InChI=1S/C17H27NOS/c1-13(17(19)12-18-2)14-8-10-16(11-9-14)20-15-6-4-3-5-7-15/h8-11,13,15,17-19H,3-7,12H2,1-2H3. The van der Waals surface area contributed by atoms with E-state index in [0.717, 1.165) is 5.25 Å². The number of benzene rings is 1. The van der Waals surface area contributed by atoms with Gasteiger partial charge in [0.15, 0.2) is 0 Å². The van der Waals surface area contributed by atoms with Crippen LogP contribution in [0.2, 0.25) is 0 Å². The molecule has 0 saturated heterocycles. The average Bonchev–Trinajstić information content (AvgIpc) is 2.48. The van der Waals surface area contributed by atoms with E-state index in [2.05, 4.69) is 36.5 Å². The molecular formula is C17H27NOS. The number of thioether (sulfide) groups is 1. The van der Waals surface area contributed by atoms with Crippen LogP contribution in [-0.4, -0.2) is 30.1 Å². The van der Waals surface area contributed by atoms with E-state index < -0.39 is 0 Å². The lowest BCUT2D eigenvalue weighted by Gasteiger charge is -2.22. The molecule has 112 valence electrons. The van der Waals surface area contributed by atoms with Crippen molar-refractivity contribution in [2.45, 2.75) is 61.2 Å². The number of nitrogens with one attached hydrogen (secondary N) is 1. The van der Waals surface area contributed by atoms with Crippen LogP contribution < -0.4 is 5.32 Å². The van der Waals surface area contributed by atoms with E-state index in [-0.39, 0.29) is 12.0 Å². The van der Waals surface area contributed by atoms with Crippen LogP contribution in [0.3, 0.4) is 0 Å². The van der Waals surface area contributed by atoms with Gasteiger partial charge in [0.05, 0.1) is 6.10 Å². The highest BCUT2D eigenvalue weighted by molar-refractivity contribution is 8.00. The molecule has 0 heterocycles. The number of likely N-dealkylation sites (N-methyl/N-ethyl adjacent to an activating group) is 1. The Morgan fingerprint density at radius 3 is 2.45 bits per heavy atom. The van der Waals surface area contributed by atoms with Crippen molar-refractivity contribution in [2.24, 2.45) is 0 Å². The molecule has 2 nitrogen and oxygen atoms in total. The van der Waals surface area contributed by atoms with E-state index in [0.29, 0.717) is 6.54 Å². The third-order valence-corrected chi connectivity index (χ3v) is 5.60. The Labute approximate surface area is 127 Å². The van der Waals surface area contributed by atoms with E-state index in [9.17, 15) is 5.11 Å². The maximum absolute atomic E-state index is 10.0. The minimum absolute atomic E-state index is 0.177. The van der Waals surface area contributed by atoms with Crippen molar-refractivity contribution >= 4 is 11.8 Å². The number of aliphatic hydroxyl groups excluding tert-OH is 1. The molecule has 2 atom stereocenters. The fraction of sp³-hybridized carbons (Fsp3) is 0.647. The summed E-state index contributed by atoms with van der Waals surface area (Å²) in [5.74, 6) is 0.177. The van der Waals surface area contributed by atoms with Crippen molar-refractivity contribution < 1.29 is 5.11 Å². The average molecular weight is 293 g/mol. The molecule has 0 bridgehead atoms. The molecule has 3 heteroatoms. The fourth-order valence-corrected chi connectivity index (χ4v) is 4.08. The number of hydrogen-bond donors (Lipinski definition) is 2. The van der Waals surface area contributed by atoms with Crippen molar-refractivity contribution in [1.82, 2.24) is 5.32 Å². The quantitative estimate of drug-likeness (QED) is 0.837. The number of aliphatic hydroxyl groups is 1. The normalized spacial score (nSPS) is 19.8. The monoisotopic (exact) mass is 293 g/mol. The smallest absolute Gasteiger partial charge is 0.0730 e. The molecule has 1 aromatic rings. The maximum Gasteiger partial charge on any atom is 0.0730 e. The molecule has 0 amide bonds. The maximum atomic E-state index is 10.0. The van der Waals surface area contributed by atoms with Crippen molar-refractivity contribution in [3.8, 4) is 0 Å². The summed E-state index contributed by atoms with van der Waals surface area (Å²) in [6, 6.07) is 8.79. The Bertz CT molecular complexity index is 386. The Balaban J connectivity index is 1.91. The van der Waals surface area contributed by atoms with Gasteiger partial charge in [-0.2, -0.15) is 0 Å². The van der Waals surface area contributed by atoms with Crippen molar-refractivity contribution in [1.29, 1.82) is 0 Å². The summed E-state index contributed by atoms with van der Waals surface area (Å²) in [6.07, 6.45) is 6.60. The van der Waals surface area contributed by atoms with Gasteiger partial charge in [0.2, 0.25) is 0 Å². The fourth-order valence-electron chi connectivity index (χ4n) is 2.83. The van der Waals surface area contributed by atoms with Crippen LogP contribution in [0.25, 0.3) is 0 Å². The molecular weight excluding hydrogens is 266 g/mol. The van der Waals surface area contributed by atoms with Crippen LogP contribution >= 0.6 is 11.8 Å². The van der Waals surface area contributed by atoms with Crippen LogP contribution in [0.1, 0.15) is 50.5 Å². The van der Waals surface area contributed by atoms with Crippen LogP contribution in [0.5, 0.6) is 0 Å². The van der Waals surface area contributed by atoms with Gasteiger partial charge in [0, 0.05) is 22.6 Å². The summed E-state index contributed by atoms with van der Waals surface area (Å²) in [7, 11) is 1.87. The summed E-state index contributed by atoms with van der Waals surface area (Å²) >= 11 is 2.03. The summed E-state index contributed by atoms with van der Waals surface area (Å²) in [6.45, 7) is 2.73. The van der Waals surface area contributed by atoms with E-state index in [4.69, 9.17) is 0 Å². The first-order chi connectivity index (χ1) is 9.70. The topological polar surface area (TPSA) is 32.3 Å². The van der Waals surface area contributed by atoms with Crippen LogP contribution in [0.4, 0.5) is 0 Å². The van der Waals surface area contributed by atoms with Crippen molar-refractivity contribution in [3.05, 3.63) is 29.8 Å². The van der Waals surface area contributed by atoms with Gasteiger partial charge in [-0.25, -0.2) is 0 Å². The number of rotatable bonds is 6. The van der Waals surface area contributed by atoms with Gasteiger partial charge in [-0.1, -0.05) is 38.3 Å². The molecule has 2 unspecified atom stereocenters. The highest BCUT2D eigenvalue weighted by atomic mass is 32.2. The minimum Gasteiger partial charge on any atom is -0.391 e. The predicted octanol–water partition coefficient (Wildman–Crippen LogP) is 3.80. The largest absolute Gasteiger partial charge is 0.391 e. The first kappa shape index (κ1) is 15.9. The van der Waals surface area contributed by atoms with Gasteiger partial charge < -0.3 is 10.4 Å². The second-order valence-corrected chi connectivity index (χ2v) is 7.23. The van der Waals surface area contributed by atoms with Crippen molar-refractivity contribution in [2.75, 3.05) is 13.6 Å². The number of hydrogen-bond acceptors (Lipinski definition) is 3. The van der Waals surface area contributed by atoms with Crippen LogP contribution in [0.15, 0.2) is 29.2 Å². The second kappa shape index (κ2) is 8.06. The molecule has 1 fully saturated rings. The van der Waals surface area contributed by atoms with E-state index in [1.54, 1.807) is 0 Å². The zero-order valence-corrected chi connectivity index (χ0v) is 13.5. The zero-order valence-electron chi connectivity index (χ0n) is 12.6. The van der Waals surface area contributed by atoms with E-state index in [1.165, 1.54) is 42.6 Å². The molecule has 1 aromatic carbocycles. The Hall–Kier alpha value is -0.510. The molecule has 2 rings (SSSR count). The van der Waals surface area contributed by atoms with Gasteiger partial charge in [0.25, 0.3) is 0 Å². The Morgan fingerprint density at radius 2 is 1.85 bits per heavy atom. The Kier molecular flexibility index (Phi) is 6.40. The van der Waals surface area contributed by atoms with Gasteiger partial charge >= 0.3 is 0 Å². The van der Waals surface area contributed by atoms with Crippen molar-refractivity contribution in [3.63, 3.8) is 0 Å². The first-order valence-electron chi connectivity index (χ1n) is 7.80. The molecule has 2 N–H and O–H groups in total. The molecule has 1 aliphatic rings. The van der Waals surface area contributed by atoms with E-state index >= 15 is 0 Å². The molecule has 1 saturated carbocycles. The van der Waals surface area contributed by atoms with Gasteiger partial charge in [0.1, 0.15) is 0 Å².